The van der Waals surface area contributed by atoms with E-state index in [0.29, 0.717) is 0 Å². The van der Waals surface area contributed by atoms with Crippen LogP contribution in [0.2, 0.25) is 0 Å². The Morgan fingerprint density at radius 2 is 0.393 bits per heavy atom. The topological polar surface area (TPSA) is 546 Å². The van der Waals surface area contributed by atoms with Gasteiger partial charge in [0.15, 0.2) is 0 Å². The van der Waals surface area contributed by atoms with Crippen LogP contribution in [0.25, 0.3) is 0 Å². The zero-order valence-electron chi connectivity index (χ0n) is 49.6. The van der Waals surface area contributed by atoms with Crippen molar-refractivity contribution in [3.63, 3.8) is 0 Å². The van der Waals surface area contributed by atoms with E-state index >= 15 is 0 Å². The molecular formula is C52H86N4O33. The minimum absolute atomic E-state index is 0.339. The summed E-state index contributed by atoms with van der Waals surface area (Å²) in [7, 11) is 1.46. The number of ether oxygens (including phenoxy) is 12. The molecule has 37 heteroatoms. The van der Waals surface area contributed by atoms with E-state index in [1.807, 2.05) is 0 Å². The minimum atomic E-state index is -1.69. The molecule has 0 aliphatic rings. The Morgan fingerprint density at radius 3 is 0.551 bits per heavy atom. The second-order valence-corrected chi connectivity index (χ2v) is 19.9. The largest absolute Gasteiger partial charge is 0.481 e. The third-order valence-corrected chi connectivity index (χ3v) is 11.6. The van der Waals surface area contributed by atoms with Gasteiger partial charge in [-0.05, 0) is 7.05 Å². The van der Waals surface area contributed by atoms with Gasteiger partial charge in [0.05, 0.1) is 209 Å². The summed E-state index contributed by atoms with van der Waals surface area (Å²) >= 11 is 0. The molecule has 512 valence electrons. The van der Waals surface area contributed by atoms with Crippen LogP contribution in [0.15, 0.2) is 0 Å². The number of hydrogen-bond acceptors (Lipinski definition) is 25. The fourth-order valence-electron chi connectivity index (χ4n) is 7.16. The van der Waals surface area contributed by atoms with Gasteiger partial charge in [0.25, 0.3) is 0 Å². The van der Waals surface area contributed by atoms with Crippen LogP contribution in [-0.4, -0.2) is 305 Å². The van der Waals surface area contributed by atoms with E-state index in [0.717, 1.165) is 0 Å². The Labute approximate surface area is 510 Å². The van der Waals surface area contributed by atoms with Crippen molar-refractivity contribution >= 4 is 71.4 Å². The van der Waals surface area contributed by atoms with Gasteiger partial charge in [0, 0.05) is 19.3 Å². The Hall–Kier alpha value is -6.88. The molecule has 0 aromatic carbocycles. The summed E-state index contributed by atoms with van der Waals surface area (Å²) in [5, 5.41) is 93.3. The van der Waals surface area contributed by atoms with Crippen LogP contribution in [0.5, 0.6) is 0 Å². The monoisotopic (exact) mass is 1290 g/mol. The summed E-state index contributed by atoms with van der Waals surface area (Å²) in [4.78, 5) is 142. The normalized spacial score (nSPS) is 11.8. The summed E-state index contributed by atoms with van der Waals surface area (Å²) in [6.07, 6.45) is -4.86. The van der Waals surface area contributed by atoms with Crippen molar-refractivity contribution in [1.82, 2.24) is 21.3 Å². The number of carbonyl (C=O) groups excluding carboxylic acids is 3. The number of aliphatic carboxylic acids is 9. The molecule has 37 nitrogen and oxygen atoms in total. The molecule has 0 aliphatic heterocycles. The third kappa shape index (κ3) is 45.1. The lowest BCUT2D eigenvalue weighted by molar-refractivity contribution is -0.146. The minimum Gasteiger partial charge on any atom is -0.481 e. The molecular weight excluding hydrogens is 1210 g/mol. The molecule has 0 saturated carbocycles. The van der Waals surface area contributed by atoms with Crippen molar-refractivity contribution in [3.8, 4) is 0 Å². The number of carboxylic acids is 9. The van der Waals surface area contributed by atoms with Crippen molar-refractivity contribution in [2.75, 3.05) is 166 Å². The quantitative estimate of drug-likeness (QED) is 0.0266. The maximum Gasteiger partial charge on any atom is 0.329 e. The van der Waals surface area contributed by atoms with Crippen LogP contribution in [0.4, 0.5) is 0 Å². The summed E-state index contributed by atoms with van der Waals surface area (Å²) < 4.78 is 67.3. The van der Waals surface area contributed by atoms with Gasteiger partial charge in [-0.2, -0.15) is 0 Å². The van der Waals surface area contributed by atoms with Crippen LogP contribution >= 0.6 is 0 Å². The molecule has 0 atom stereocenters. The molecule has 13 N–H and O–H groups in total. The van der Waals surface area contributed by atoms with Crippen LogP contribution in [0, 0.1) is 0 Å². The molecule has 0 aromatic rings. The summed E-state index contributed by atoms with van der Waals surface area (Å²) in [6.45, 7) is -9.91. The molecule has 0 radical (unpaired) electrons. The summed E-state index contributed by atoms with van der Waals surface area (Å²) in [6, 6.07) is 0. The van der Waals surface area contributed by atoms with Gasteiger partial charge in [-0.1, -0.05) is 0 Å². The average molecular weight is 1300 g/mol. The fraction of sp³-hybridized carbons (Fsp3) is 0.769. The summed E-state index contributed by atoms with van der Waals surface area (Å²) in [5.41, 5.74) is -6.34. The smallest absolute Gasteiger partial charge is 0.329 e. The van der Waals surface area contributed by atoms with Gasteiger partial charge in [-0.3, -0.25) is 52.7 Å². The van der Waals surface area contributed by atoms with Crippen LogP contribution in [0.1, 0.15) is 70.6 Å². The highest BCUT2D eigenvalue weighted by molar-refractivity contribution is 5.78. The molecule has 0 rings (SSSR count). The number of likely N-dealkylation sites (N-methyl/N-ethyl adjacent to an activating group) is 1. The number of hydrogen-bond donors (Lipinski definition) is 13. The number of carboxylic acid groups (broad SMARTS) is 9. The zero-order valence-corrected chi connectivity index (χ0v) is 49.6. The second kappa shape index (κ2) is 48.0. The van der Waals surface area contributed by atoms with E-state index in [1.54, 1.807) is 0 Å². The molecule has 3 amide bonds. The fourth-order valence-corrected chi connectivity index (χ4v) is 7.16. The van der Waals surface area contributed by atoms with Crippen LogP contribution in [0.3, 0.4) is 0 Å². The molecule has 0 saturated heterocycles. The van der Waals surface area contributed by atoms with E-state index < -0.39 is 230 Å². The molecule has 0 unspecified atom stereocenters. The second-order valence-electron chi connectivity index (χ2n) is 19.9. The first-order valence-corrected chi connectivity index (χ1v) is 27.6. The first-order valence-electron chi connectivity index (χ1n) is 27.6. The first-order chi connectivity index (χ1) is 42.1. The van der Waals surface area contributed by atoms with Crippen LogP contribution in [-0.2, 0) is 114 Å². The van der Waals surface area contributed by atoms with Gasteiger partial charge in [-0.15, -0.1) is 0 Å². The molecule has 0 heterocycles. The van der Waals surface area contributed by atoms with E-state index in [9.17, 15) is 62.6 Å². The Bertz CT molecular complexity index is 1940. The van der Waals surface area contributed by atoms with Crippen molar-refractivity contribution in [2.45, 2.75) is 92.8 Å². The Kier molecular flexibility index (Phi) is 44.3. The van der Waals surface area contributed by atoms with Crippen molar-refractivity contribution in [3.05, 3.63) is 0 Å². The lowest BCUT2D eigenvalue weighted by Gasteiger charge is -2.35. The predicted molar refractivity (Wildman–Crippen MR) is 294 cm³/mol. The Morgan fingerprint density at radius 1 is 0.236 bits per heavy atom. The molecule has 0 fully saturated rings. The third-order valence-electron chi connectivity index (χ3n) is 11.6. The number of amides is 3. The zero-order chi connectivity index (χ0) is 67.0. The van der Waals surface area contributed by atoms with Crippen molar-refractivity contribution in [1.29, 1.82) is 0 Å². The lowest BCUT2D eigenvalue weighted by Crippen LogP contribution is -2.59. The van der Waals surface area contributed by atoms with E-state index in [4.69, 9.17) is 97.7 Å². The van der Waals surface area contributed by atoms with Crippen molar-refractivity contribution in [2.24, 2.45) is 0 Å². The molecule has 0 spiro atoms. The molecule has 89 heavy (non-hydrogen) atoms. The first kappa shape index (κ1) is 82.1. The molecule has 0 aromatic heterocycles. The molecule has 0 bridgehead atoms. The number of rotatable bonds is 63. The number of carbonyl (C=O) groups is 12. The summed E-state index contributed by atoms with van der Waals surface area (Å²) in [5.74, 6) is -13.3. The van der Waals surface area contributed by atoms with Gasteiger partial charge in [0.1, 0.15) is 23.2 Å². The maximum absolute atomic E-state index is 13.6. The van der Waals surface area contributed by atoms with Gasteiger partial charge in [-0.25, -0.2) is 4.79 Å². The highest BCUT2D eigenvalue weighted by Gasteiger charge is 2.38. The molecule has 0 aliphatic carbocycles. The van der Waals surface area contributed by atoms with Crippen LogP contribution < -0.4 is 21.3 Å². The van der Waals surface area contributed by atoms with Gasteiger partial charge in [0.2, 0.25) is 17.7 Å². The predicted octanol–water partition coefficient (Wildman–Crippen LogP) is -3.24. The maximum atomic E-state index is 13.6. The number of nitrogens with one attached hydrogen (secondary N) is 4. The SMILES string of the molecule is CNC(COCCC(=O)NC(COCCC(=O)O)(COCCC(=O)O)COCCC(=O)O)(COCCC(=O)NC(COCCC(=O)O)(COCCC(=O)O)COCCC(=O)O)COCCC(=O)NC(COCCC(=O)O)(COCCC(=O)O)COCC(=O)O. The van der Waals surface area contributed by atoms with Gasteiger partial charge < -0.3 is 124 Å². The lowest BCUT2D eigenvalue weighted by atomic mass is 10.0. The Balaban J connectivity index is 6.84. The van der Waals surface area contributed by atoms with Gasteiger partial charge >= 0.3 is 53.7 Å². The van der Waals surface area contributed by atoms with E-state index in [1.165, 1.54) is 7.05 Å². The average Bonchev–Trinajstić information content (AvgIpc) is 1.89. The highest BCUT2D eigenvalue weighted by Crippen LogP contribution is 2.16. The van der Waals surface area contributed by atoms with E-state index in [2.05, 4.69) is 21.3 Å². The highest BCUT2D eigenvalue weighted by atomic mass is 16.5. The van der Waals surface area contributed by atoms with Crippen molar-refractivity contribution < 1.29 is 160 Å². The van der Waals surface area contributed by atoms with E-state index in [-0.39, 0.29) is 92.5 Å². The standard InChI is InChI=1S/C52H86N4O33/c1-53-49(27-80-15-4-39(59)56-52(36-89-24-48(76)77,34-87-22-11-46(72)73)35-88-23-12-47(74)75,25-78-13-2-37(57)54-50(28-81-16-5-40(60)61,29-82-17-6-41(62)63)30-83-18-7-42(64)65)26-79-14-3-38(58)55-51(31-84-19-8-43(66)67,32-85-20-9-44(68)69)33-86-21-10-45(70)71/h53H,2-36H2,1H3,(H,54,57)(H,55,58)(H,56,59)(H,60,61)(H,62,63)(H,64,65)(H,66,67)(H,68,69)(H,70,71)(H,72,73)(H,74,75)(H,76,77).